The number of rotatable bonds is 2. The fourth-order valence-corrected chi connectivity index (χ4v) is 2.82. The second kappa shape index (κ2) is 3.90. The van der Waals surface area contributed by atoms with Gasteiger partial charge in [-0.15, -0.1) is 0 Å². The normalized spacial score (nSPS) is 33.7. The molecular weight excluding hydrogens is 229 g/mol. The Balaban J connectivity index is 2.01. The molecule has 3 nitrogen and oxygen atoms in total. The highest BCUT2D eigenvalue weighted by atomic mass is 19.1. The molecule has 18 heavy (non-hydrogen) atoms. The monoisotopic (exact) mass is 245 g/mol. The van der Waals surface area contributed by atoms with E-state index < -0.39 is 6.17 Å². The molecule has 0 N–H and O–H groups in total. The molecule has 3 rings (SSSR count). The molecule has 1 aliphatic carbocycles. The number of allylic oxidation sites excluding steroid dienone is 4. The minimum absolute atomic E-state index is 0.0323. The van der Waals surface area contributed by atoms with E-state index >= 15 is 0 Å². The van der Waals surface area contributed by atoms with Gasteiger partial charge in [-0.1, -0.05) is 37.8 Å². The van der Waals surface area contributed by atoms with Crippen LogP contribution in [0.25, 0.3) is 6.08 Å². The van der Waals surface area contributed by atoms with Gasteiger partial charge >= 0.3 is 0 Å². The lowest BCUT2D eigenvalue weighted by Gasteiger charge is -2.33. The first-order valence-corrected chi connectivity index (χ1v) is 6.21. The average Bonchev–Trinajstić information content (AvgIpc) is 2.91. The Morgan fingerprint density at radius 2 is 2.39 bits per heavy atom. The minimum atomic E-state index is -1.02. The van der Waals surface area contributed by atoms with E-state index in [4.69, 9.17) is 0 Å². The maximum absolute atomic E-state index is 14.0. The summed E-state index contributed by atoms with van der Waals surface area (Å²) in [6, 6.07) is 0.0323. The summed E-state index contributed by atoms with van der Waals surface area (Å²) in [5.41, 5.74) is -0.0868. The molecule has 0 fully saturated rings. The van der Waals surface area contributed by atoms with Crippen molar-refractivity contribution in [2.45, 2.75) is 32.0 Å². The Morgan fingerprint density at radius 1 is 1.56 bits per heavy atom. The van der Waals surface area contributed by atoms with E-state index in [0.29, 0.717) is 18.1 Å². The van der Waals surface area contributed by atoms with Crippen molar-refractivity contribution in [3.63, 3.8) is 0 Å². The average molecular weight is 245 g/mol. The van der Waals surface area contributed by atoms with Gasteiger partial charge in [-0.25, -0.2) is 14.1 Å². The highest BCUT2D eigenvalue weighted by molar-refractivity contribution is 5.36. The Kier molecular flexibility index (Phi) is 2.47. The molecule has 0 aromatic carbocycles. The molecule has 1 unspecified atom stereocenters. The summed E-state index contributed by atoms with van der Waals surface area (Å²) in [5, 5.41) is 4.35. The lowest BCUT2D eigenvalue weighted by Crippen LogP contribution is -2.27. The van der Waals surface area contributed by atoms with Crippen LogP contribution in [0, 0.1) is 5.41 Å². The Morgan fingerprint density at radius 3 is 3.06 bits per heavy atom. The van der Waals surface area contributed by atoms with Crippen LogP contribution >= 0.6 is 0 Å². The van der Waals surface area contributed by atoms with E-state index in [2.05, 4.69) is 35.7 Å². The van der Waals surface area contributed by atoms with Crippen LogP contribution in [0.1, 0.15) is 43.6 Å². The summed E-state index contributed by atoms with van der Waals surface area (Å²) in [4.78, 5) is 4.18. The quantitative estimate of drug-likeness (QED) is 0.799. The Hall–Kier alpha value is -1.71. The van der Waals surface area contributed by atoms with Gasteiger partial charge in [0.2, 0.25) is 0 Å². The molecular formula is C14H16FN3. The zero-order valence-corrected chi connectivity index (χ0v) is 10.4. The molecule has 3 atom stereocenters. The molecule has 0 amide bonds. The van der Waals surface area contributed by atoms with Crippen LogP contribution in [0.3, 0.4) is 0 Å². The Labute approximate surface area is 106 Å². The summed E-state index contributed by atoms with van der Waals surface area (Å²) in [5.74, 6) is 0.954. The van der Waals surface area contributed by atoms with Crippen LogP contribution < -0.4 is 0 Å². The lowest BCUT2D eigenvalue weighted by atomic mass is 9.76. The van der Waals surface area contributed by atoms with Gasteiger partial charge < -0.3 is 0 Å². The Bertz CT molecular complexity index is 543. The van der Waals surface area contributed by atoms with Crippen molar-refractivity contribution in [1.29, 1.82) is 0 Å². The van der Waals surface area contributed by atoms with E-state index in [-0.39, 0.29) is 11.5 Å². The van der Waals surface area contributed by atoms with Crippen LogP contribution in [-0.4, -0.2) is 14.8 Å². The largest absolute Gasteiger partial charge is 0.243 e. The summed E-state index contributed by atoms with van der Waals surface area (Å²) in [7, 11) is 0. The standard InChI is InChI=1S/C14H16FN3/c1-3-12-16-13-10(15)9-11(18(13)17-12)14(2)7-5-4-6-8-14/h3-7,10-11H,1,8-9H2,2H3/t10-,11-,14?/m0/s1. The SMILES string of the molecule is C=Cc1nc2n(n1)[C@H](C1(C)C=CC=CC1)C[C@@H]2F. The first-order chi connectivity index (χ1) is 8.64. The van der Waals surface area contributed by atoms with Crippen molar-refractivity contribution < 1.29 is 4.39 Å². The summed E-state index contributed by atoms with van der Waals surface area (Å²) >= 11 is 0. The van der Waals surface area contributed by atoms with Gasteiger partial charge in [-0.2, -0.15) is 5.10 Å². The van der Waals surface area contributed by atoms with Crippen molar-refractivity contribution in [2.75, 3.05) is 0 Å². The lowest BCUT2D eigenvalue weighted by molar-refractivity contribution is 0.219. The molecule has 1 aromatic heterocycles. The van der Waals surface area contributed by atoms with Crippen LogP contribution in [0.2, 0.25) is 0 Å². The van der Waals surface area contributed by atoms with Gasteiger partial charge in [-0.05, 0) is 12.5 Å². The summed E-state index contributed by atoms with van der Waals surface area (Å²) < 4.78 is 15.8. The third kappa shape index (κ3) is 1.55. The number of hydrogen-bond acceptors (Lipinski definition) is 2. The minimum Gasteiger partial charge on any atom is -0.243 e. The topological polar surface area (TPSA) is 30.7 Å². The van der Waals surface area contributed by atoms with Gasteiger partial charge in [0, 0.05) is 11.8 Å². The predicted octanol–water partition coefficient (Wildman–Crippen LogP) is 3.40. The third-order valence-corrected chi connectivity index (χ3v) is 3.91. The molecule has 2 aliphatic rings. The molecule has 0 saturated heterocycles. The van der Waals surface area contributed by atoms with Gasteiger partial charge in [0.25, 0.3) is 0 Å². The summed E-state index contributed by atoms with van der Waals surface area (Å²) in [6.45, 7) is 5.79. The number of halogens is 1. The number of alkyl halides is 1. The second-order valence-corrected chi connectivity index (χ2v) is 5.19. The molecule has 94 valence electrons. The number of fused-ring (bicyclic) bond motifs is 1. The van der Waals surface area contributed by atoms with Crippen LogP contribution in [0.15, 0.2) is 30.9 Å². The molecule has 1 aromatic rings. The molecule has 0 spiro atoms. The number of aromatic nitrogens is 3. The van der Waals surface area contributed by atoms with E-state index in [1.54, 1.807) is 10.8 Å². The molecule has 0 bridgehead atoms. The van der Waals surface area contributed by atoms with E-state index in [1.807, 2.05) is 12.2 Å². The van der Waals surface area contributed by atoms with Crippen molar-refractivity contribution in [3.05, 3.63) is 42.5 Å². The van der Waals surface area contributed by atoms with Crippen molar-refractivity contribution >= 4 is 6.08 Å². The van der Waals surface area contributed by atoms with Gasteiger partial charge in [-0.3, -0.25) is 0 Å². The molecule has 0 radical (unpaired) electrons. The number of hydrogen-bond donors (Lipinski definition) is 0. The predicted molar refractivity (Wildman–Crippen MR) is 68.6 cm³/mol. The molecule has 0 saturated carbocycles. The van der Waals surface area contributed by atoms with Crippen LogP contribution in [0.5, 0.6) is 0 Å². The van der Waals surface area contributed by atoms with E-state index in [9.17, 15) is 4.39 Å². The van der Waals surface area contributed by atoms with Crippen LogP contribution in [-0.2, 0) is 0 Å². The van der Waals surface area contributed by atoms with E-state index in [0.717, 1.165) is 6.42 Å². The molecule has 1 aliphatic heterocycles. The molecule has 2 heterocycles. The highest BCUT2D eigenvalue weighted by Crippen LogP contribution is 2.48. The van der Waals surface area contributed by atoms with Crippen molar-refractivity contribution in [1.82, 2.24) is 14.8 Å². The smallest absolute Gasteiger partial charge is 0.173 e. The zero-order chi connectivity index (χ0) is 12.8. The maximum Gasteiger partial charge on any atom is 0.173 e. The molecule has 4 heteroatoms. The first-order valence-electron chi connectivity index (χ1n) is 6.21. The van der Waals surface area contributed by atoms with Crippen LogP contribution in [0.4, 0.5) is 4.39 Å². The van der Waals surface area contributed by atoms with Gasteiger partial charge in [0.15, 0.2) is 17.8 Å². The zero-order valence-electron chi connectivity index (χ0n) is 10.4. The number of nitrogens with zero attached hydrogens (tertiary/aromatic N) is 3. The van der Waals surface area contributed by atoms with Gasteiger partial charge in [0.1, 0.15) is 0 Å². The van der Waals surface area contributed by atoms with Crippen molar-refractivity contribution in [2.24, 2.45) is 5.41 Å². The van der Waals surface area contributed by atoms with Crippen molar-refractivity contribution in [3.8, 4) is 0 Å². The third-order valence-electron chi connectivity index (χ3n) is 3.91. The van der Waals surface area contributed by atoms with E-state index in [1.165, 1.54) is 0 Å². The van der Waals surface area contributed by atoms with Gasteiger partial charge in [0.05, 0.1) is 6.04 Å². The summed E-state index contributed by atoms with van der Waals surface area (Å²) in [6.07, 6.45) is 10.2. The maximum atomic E-state index is 14.0. The first kappa shape index (κ1) is 11.4. The fourth-order valence-electron chi connectivity index (χ4n) is 2.82. The second-order valence-electron chi connectivity index (χ2n) is 5.19. The highest BCUT2D eigenvalue weighted by Gasteiger charge is 2.43. The fraction of sp³-hybridized carbons (Fsp3) is 0.429.